The van der Waals surface area contributed by atoms with Crippen LogP contribution in [0.4, 0.5) is 4.79 Å². The SMILES string of the molecule is C=CCN1C(N2CCN(Cc3cccc4ccccc34)CC2)=NC2C1C(=O)NC(=O)N2C. The van der Waals surface area contributed by atoms with Crippen molar-refractivity contribution in [3.63, 3.8) is 0 Å². The van der Waals surface area contributed by atoms with Gasteiger partial charge < -0.3 is 14.7 Å². The van der Waals surface area contributed by atoms with Gasteiger partial charge in [0.2, 0.25) is 0 Å². The Morgan fingerprint density at radius 2 is 1.84 bits per heavy atom. The number of likely N-dealkylation sites (N-methyl/N-ethyl adjacent to an activating group) is 1. The number of hydrogen-bond acceptors (Lipinski definition) is 6. The lowest BCUT2D eigenvalue weighted by atomic mass is 10.0. The summed E-state index contributed by atoms with van der Waals surface area (Å²) in [5, 5.41) is 5.00. The van der Waals surface area contributed by atoms with Gasteiger partial charge in [0.1, 0.15) is 0 Å². The van der Waals surface area contributed by atoms with Gasteiger partial charge in [-0.25, -0.2) is 9.79 Å². The molecule has 1 N–H and O–H groups in total. The van der Waals surface area contributed by atoms with Gasteiger partial charge in [-0.3, -0.25) is 15.0 Å². The Morgan fingerprint density at radius 3 is 2.62 bits per heavy atom. The molecular formula is C24H28N6O2. The van der Waals surface area contributed by atoms with Gasteiger partial charge in [-0.2, -0.15) is 0 Å². The fourth-order valence-electron chi connectivity index (χ4n) is 4.89. The molecule has 3 aliphatic heterocycles. The number of imide groups is 1. The van der Waals surface area contributed by atoms with Gasteiger partial charge in [-0.05, 0) is 16.3 Å². The average molecular weight is 433 g/mol. The number of nitrogens with zero attached hydrogens (tertiary/aromatic N) is 5. The van der Waals surface area contributed by atoms with E-state index in [0.29, 0.717) is 6.54 Å². The molecule has 0 saturated carbocycles. The minimum Gasteiger partial charge on any atom is -0.340 e. The van der Waals surface area contributed by atoms with Crippen molar-refractivity contribution < 1.29 is 9.59 Å². The van der Waals surface area contributed by atoms with Crippen molar-refractivity contribution in [3.05, 3.63) is 60.7 Å². The highest BCUT2D eigenvalue weighted by Gasteiger charge is 2.49. The van der Waals surface area contributed by atoms with Gasteiger partial charge in [-0.1, -0.05) is 48.5 Å². The summed E-state index contributed by atoms with van der Waals surface area (Å²) in [6, 6.07) is 14.1. The van der Waals surface area contributed by atoms with Crippen molar-refractivity contribution in [2.75, 3.05) is 39.8 Å². The lowest BCUT2D eigenvalue weighted by molar-refractivity contribution is -0.127. The molecule has 0 bridgehead atoms. The summed E-state index contributed by atoms with van der Waals surface area (Å²) in [7, 11) is 1.68. The summed E-state index contributed by atoms with van der Waals surface area (Å²) in [6.45, 7) is 8.70. The molecule has 3 heterocycles. The van der Waals surface area contributed by atoms with Crippen molar-refractivity contribution in [1.82, 2.24) is 24.9 Å². The zero-order valence-electron chi connectivity index (χ0n) is 18.3. The van der Waals surface area contributed by atoms with Crippen LogP contribution in [0, 0.1) is 0 Å². The van der Waals surface area contributed by atoms with E-state index >= 15 is 0 Å². The van der Waals surface area contributed by atoms with E-state index in [9.17, 15) is 9.59 Å². The maximum absolute atomic E-state index is 12.6. The minimum absolute atomic E-state index is 0.298. The van der Waals surface area contributed by atoms with Crippen molar-refractivity contribution in [2.45, 2.75) is 18.8 Å². The first-order valence-corrected chi connectivity index (χ1v) is 11.0. The highest BCUT2D eigenvalue weighted by atomic mass is 16.2. The Morgan fingerprint density at radius 1 is 1.09 bits per heavy atom. The maximum Gasteiger partial charge on any atom is 0.325 e. The highest BCUT2D eigenvalue weighted by Crippen LogP contribution is 2.26. The molecule has 5 rings (SSSR count). The Hall–Kier alpha value is -3.39. The van der Waals surface area contributed by atoms with E-state index < -0.39 is 18.2 Å². The summed E-state index contributed by atoms with van der Waals surface area (Å²) in [5.41, 5.74) is 1.34. The molecule has 2 unspecified atom stereocenters. The van der Waals surface area contributed by atoms with Crippen LogP contribution in [0.25, 0.3) is 10.8 Å². The second-order valence-electron chi connectivity index (χ2n) is 8.54. The minimum atomic E-state index is -0.514. The number of carbonyl (C=O) groups excluding carboxylic acids is 2. The van der Waals surface area contributed by atoms with E-state index in [0.717, 1.165) is 38.7 Å². The maximum atomic E-state index is 12.6. The predicted octanol–water partition coefficient (Wildman–Crippen LogP) is 1.69. The topological polar surface area (TPSA) is 71.5 Å². The molecule has 32 heavy (non-hydrogen) atoms. The number of nitrogens with one attached hydrogen (secondary N) is 1. The molecular weight excluding hydrogens is 404 g/mol. The number of fused-ring (bicyclic) bond motifs is 2. The molecule has 3 amide bonds. The van der Waals surface area contributed by atoms with Crippen LogP contribution in [0.15, 0.2) is 60.1 Å². The Balaban J connectivity index is 1.30. The molecule has 0 aromatic heterocycles. The predicted molar refractivity (Wildman–Crippen MR) is 124 cm³/mol. The van der Waals surface area contributed by atoms with Crippen LogP contribution in [-0.4, -0.2) is 89.5 Å². The summed E-state index contributed by atoms with van der Waals surface area (Å²) in [4.78, 5) is 37.6. The van der Waals surface area contributed by atoms with Crippen LogP contribution in [0.1, 0.15) is 5.56 Å². The fraction of sp³-hybridized carbons (Fsp3) is 0.375. The first kappa shape index (κ1) is 20.5. The molecule has 3 aliphatic rings. The number of aliphatic imine (C=N–C) groups is 1. The second-order valence-corrected chi connectivity index (χ2v) is 8.54. The first-order chi connectivity index (χ1) is 15.6. The first-order valence-electron chi connectivity index (χ1n) is 11.0. The van der Waals surface area contributed by atoms with Crippen LogP contribution >= 0.6 is 0 Å². The number of amides is 3. The summed E-state index contributed by atoms with van der Waals surface area (Å²) < 4.78 is 0. The van der Waals surface area contributed by atoms with Crippen molar-refractivity contribution in [2.24, 2.45) is 4.99 Å². The smallest absolute Gasteiger partial charge is 0.325 e. The third kappa shape index (κ3) is 3.50. The number of guanidine groups is 1. The monoisotopic (exact) mass is 432 g/mol. The van der Waals surface area contributed by atoms with Gasteiger partial charge in [0.15, 0.2) is 18.2 Å². The Bertz CT molecular complexity index is 1090. The van der Waals surface area contributed by atoms with Crippen LogP contribution in [0.2, 0.25) is 0 Å². The number of carbonyl (C=O) groups is 2. The van der Waals surface area contributed by atoms with Crippen LogP contribution in [0.3, 0.4) is 0 Å². The zero-order chi connectivity index (χ0) is 22.2. The number of rotatable bonds is 4. The third-order valence-corrected chi connectivity index (χ3v) is 6.59. The molecule has 2 aromatic carbocycles. The van der Waals surface area contributed by atoms with Gasteiger partial charge >= 0.3 is 6.03 Å². The van der Waals surface area contributed by atoms with Gasteiger partial charge in [-0.15, -0.1) is 6.58 Å². The molecule has 0 spiro atoms. The molecule has 0 aliphatic carbocycles. The summed E-state index contributed by atoms with van der Waals surface area (Å²) in [6.07, 6.45) is 1.28. The number of urea groups is 1. The van der Waals surface area contributed by atoms with E-state index in [4.69, 9.17) is 4.99 Å². The van der Waals surface area contributed by atoms with Gasteiger partial charge in [0, 0.05) is 46.3 Å². The van der Waals surface area contributed by atoms with Gasteiger partial charge in [0.05, 0.1) is 0 Å². The largest absolute Gasteiger partial charge is 0.340 e. The van der Waals surface area contributed by atoms with E-state index in [1.165, 1.54) is 21.2 Å². The molecule has 2 saturated heterocycles. The number of piperazine rings is 1. The zero-order valence-corrected chi connectivity index (χ0v) is 18.3. The standard InChI is InChI=1S/C24H28N6O2/c1-3-11-30-20-21(27(2)24(32)26-22(20)31)25-23(30)29-14-12-28(13-15-29)16-18-9-6-8-17-7-4-5-10-19(17)18/h3-10,20-21H,1,11-16H2,2H3,(H,26,31,32). The fourth-order valence-corrected chi connectivity index (χ4v) is 4.89. The Kier molecular flexibility index (Phi) is 5.30. The quantitative estimate of drug-likeness (QED) is 0.745. The van der Waals surface area contributed by atoms with E-state index in [1.54, 1.807) is 13.1 Å². The summed E-state index contributed by atoms with van der Waals surface area (Å²) >= 11 is 0. The van der Waals surface area contributed by atoms with Gasteiger partial charge in [0.25, 0.3) is 5.91 Å². The Labute approximate surface area is 187 Å². The van der Waals surface area contributed by atoms with Crippen LogP contribution in [0.5, 0.6) is 0 Å². The molecule has 2 fully saturated rings. The van der Waals surface area contributed by atoms with E-state index in [-0.39, 0.29) is 5.91 Å². The molecule has 8 nitrogen and oxygen atoms in total. The summed E-state index contributed by atoms with van der Waals surface area (Å²) in [5.74, 6) is 0.481. The molecule has 0 radical (unpaired) electrons. The highest BCUT2D eigenvalue weighted by molar-refractivity contribution is 6.03. The van der Waals surface area contributed by atoms with E-state index in [1.807, 2.05) is 4.90 Å². The van der Waals surface area contributed by atoms with Crippen molar-refractivity contribution >= 4 is 28.7 Å². The molecule has 2 atom stereocenters. The molecule has 166 valence electrons. The third-order valence-electron chi connectivity index (χ3n) is 6.59. The van der Waals surface area contributed by atoms with Crippen LogP contribution < -0.4 is 5.32 Å². The van der Waals surface area contributed by atoms with E-state index in [2.05, 4.69) is 64.2 Å². The van der Waals surface area contributed by atoms with Crippen molar-refractivity contribution in [3.8, 4) is 0 Å². The second kappa shape index (κ2) is 8.27. The normalized spacial score (nSPS) is 23.9. The lowest BCUT2D eigenvalue weighted by Gasteiger charge is -2.40. The molecule has 2 aromatic rings. The number of hydrogen-bond donors (Lipinski definition) is 1. The van der Waals surface area contributed by atoms with Crippen molar-refractivity contribution in [1.29, 1.82) is 0 Å². The molecule has 8 heteroatoms. The average Bonchev–Trinajstić information content (AvgIpc) is 3.19. The van der Waals surface area contributed by atoms with Crippen LogP contribution in [-0.2, 0) is 11.3 Å². The number of benzene rings is 2. The lowest BCUT2D eigenvalue weighted by Crippen LogP contribution is -2.64.